The zero-order valence-electron chi connectivity index (χ0n) is 7.46. The molecule has 0 fully saturated rings. The van der Waals surface area contributed by atoms with E-state index in [0.717, 1.165) is 13.1 Å². The van der Waals surface area contributed by atoms with Crippen LogP contribution in [0.3, 0.4) is 0 Å². The van der Waals surface area contributed by atoms with Gasteiger partial charge in [-0.25, -0.2) is 0 Å². The summed E-state index contributed by atoms with van der Waals surface area (Å²) in [4.78, 5) is 17.9. The quantitative estimate of drug-likeness (QED) is 0.360. The van der Waals surface area contributed by atoms with Gasteiger partial charge in [0.15, 0.2) is 0 Å². The summed E-state index contributed by atoms with van der Waals surface area (Å²) in [5.74, 6) is -4.37. The SMILES string of the molecule is CC[NH3+].CC[NH3+].O=C([O-])C(=O)[O-]. The number of quaternary nitrogens is 2. The van der Waals surface area contributed by atoms with E-state index in [2.05, 4.69) is 11.5 Å². The number of rotatable bonds is 0. The molecule has 6 heteroatoms. The molecule has 0 aromatic rings. The molecule has 12 heavy (non-hydrogen) atoms. The second kappa shape index (κ2) is 16.4. The molecule has 0 saturated heterocycles. The van der Waals surface area contributed by atoms with Crippen molar-refractivity contribution in [3.63, 3.8) is 0 Å². The Bertz CT molecular complexity index is 102. The highest BCUT2D eigenvalue weighted by molar-refractivity contribution is 6.25. The highest BCUT2D eigenvalue weighted by Gasteiger charge is 1.74. The Kier molecular flexibility index (Phi) is 23.4. The van der Waals surface area contributed by atoms with Crippen LogP contribution in [0.25, 0.3) is 0 Å². The van der Waals surface area contributed by atoms with Crippen molar-refractivity contribution >= 4 is 11.9 Å². The summed E-state index contributed by atoms with van der Waals surface area (Å²) >= 11 is 0. The van der Waals surface area contributed by atoms with Gasteiger partial charge in [0.2, 0.25) is 0 Å². The van der Waals surface area contributed by atoms with E-state index in [1.165, 1.54) is 0 Å². The van der Waals surface area contributed by atoms with Crippen LogP contribution in [0.15, 0.2) is 0 Å². The molecule has 74 valence electrons. The molecule has 0 rings (SSSR count). The maximum Gasteiger partial charge on any atom is 0.0870 e. The van der Waals surface area contributed by atoms with Crippen LogP contribution in [0.1, 0.15) is 13.8 Å². The van der Waals surface area contributed by atoms with Gasteiger partial charge in [-0.3, -0.25) is 0 Å². The predicted molar refractivity (Wildman–Crippen MR) is 36.9 cm³/mol. The number of aliphatic carboxylic acids is 2. The Morgan fingerprint density at radius 2 is 1.08 bits per heavy atom. The standard InChI is InChI=1S/2C2H7N.C2H2O4/c2*1-2-3;3-1(4)2(5)6/h2*2-3H2,1H3;(H,3,4)(H,5,6). The summed E-state index contributed by atoms with van der Waals surface area (Å²) in [7, 11) is 0. The fourth-order valence-corrected chi connectivity index (χ4v) is 0. The molecule has 0 amide bonds. The normalized spacial score (nSPS) is 6.67. The zero-order chi connectivity index (χ0) is 10.6. The summed E-state index contributed by atoms with van der Waals surface area (Å²) in [5, 5.41) is 17.9. The van der Waals surface area contributed by atoms with Gasteiger partial charge in [-0.05, 0) is 13.8 Å². The van der Waals surface area contributed by atoms with Crippen LogP contribution < -0.4 is 21.7 Å². The van der Waals surface area contributed by atoms with Crippen LogP contribution in [0.2, 0.25) is 0 Å². The molecule has 0 aromatic carbocycles. The van der Waals surface area contributed by atoms with Crippen molar-refractivity contribution in [2.24, 2.45) is 0 Å². The minimum atomic E-state index is -2.19. The van der Waals surface area contributed by atoms with E-state index in [9.17, 15) is 0 Å². The average Bonchev–Trinajstić information content (AvgIpc) is 1.90. The van der Waals surface area contributed by atoms with E-state index < -0.39 is 11.9 Å². The average molecular weight is 180 g/mol. The summed E-state index contributed by atoms with van der Waals surface area (Å²) < 4.78 is 0. The third-order valence-corrected chi connectivity index (χ3v) is 0.167. The molecule has 0 aliphatic heterocycles. The van der Waals surface area contributed by atoms with Crippen molar-refractivity contribution in [3.8, 4) is 0 Å². The molecule has 0 aliphatic rings. The lowest BCUT2D eigenvalue weighted by molar-refractivity contribution is -0.362. The van der Waals surface area contributed by atoms with E-state index in [4.69, 9.17) is 19.8 Å². The van der Waals surface area contributed by atoms with Crippen molar-refractivity contribution in [3.05, 3.63) is 0 Å². The van der Waals surface area contributed by atoms with Crippen LogP contribution in [0, 0.1) is 0 Å². The number of hydrogen-bond acceptors (Lipinski definition) is 4. The second-order valence-corrected chi connectivity index (χ2v) is 1.57. The Labute approximate surface area is 71.2 Å². The van der Waals surface area contributed by atoms with E-state index in [1.807, 2.05) is 13.8 Å². The van der Waals surface area contributed by atoms with Gasteiger partial charge < -0.3 is 31.3 Å². The lowest BCUT2D eigenvalue weighted by Crippen LogP contribution is -2.48. The van der Waals surface area contributed by atoms with Crippen molar-refractivity contribution in [1.82, 2.24) is 0 Å². The number of carboxylic acid groups (broad SMARTS) is 2. The zero-order valence-corrected chi connectivity index (χ0v) is 7.46. The van der Waals surface area contributed by atoms with Gasteiger partial charge in [-0.15, -0.1) is 0 Å². The van der Waals surface area contributed by atoms with Gasteiger partial charge in [0.05, 0.1) is 25.0 Å². The fourth-order valence-electron chi connectivity index (χ4n) is 0. The lowest BCUT2D eigenvalue weighted by Gasteiger charge is -1.97. The molecule has 0 atom stereocenters. The largest absolute Gasteiger partial charge is 0.543 e. The van der Waals surface area contributed by atoms with Crippen molar-refractivity contribution < 1.29 is 31.3 Å². The first-order chi connectivity index (χ1) is 5.47. The smallest absolute Gasteiger partial charge is 0.0870 e. The molecule has 0 unspecified atom stereocenters. The van der Waals surface area contributed by atoms with Crippen LogP contribution in [-0.4, -0.2) is 25.0 Å². The molecule has 6 nitrogen and oxygen atoms in total. The number of carboxylic acids is 2. The van der Waals surface area contributed by atoms with Crippen molar-refractivity contribution in [1.29, 1.82) is 0 Å². The van der Waals surface area contributed by atoms with Gasteiger partial charge in [-0.2, -0.15) is 0 Å². The van der Waals surface area contributed by atoms with Gasteiger partial charge in [0.1, 0.15) is 0 Å². The predicted octanol–water partition coefficient (Wildman–Crippen LogP) is -5.02. The molecule has 6 N–H and O–H groups in total. The summed E-state index contributed by atoms with van der Waals surface area (Å²) in [5.41, 5.74) is 6.97. The molecule has 0 spiro atoms. The van der Waals surface area contributed by atoms with Crippen LogP contribution >= 0.6 is 0 Å². The Morgan fingerprint density at radius 1 is 1.00 bits per heavy atom. The number of hydrogen-bond donors (Lipinski definition) is 2. The van der Waals surface area contributed by atoms with Crippen LogP contribution in [0.4, 0.5) is 0 Å². The molecule has 0 heterocycles. The maximum atomic E-state index is 8.93. The molecular weight excluding hydrogens is 164 g/mol. The topological polar surface area (TPSA) is 136 Å². The first-order valence-electron chi connectivity index (χ1n) is 3.48. The molecule has 0 aliphatic carbocycles. The summed E-state index contributed by atoms with van der Waals surface area (Å²) in [6, 6.07) is 0. The molecule has 0 saturated carbocycles. The Hall–Kier alpha value is -1.14. The molecule has 0 bridgehead atoms. The highest BCUT2D eigenvalue weighted by Crippen LogP contribution is 1.41. The Morgan fingerprint density at radius 3 is 1.08 bits per heavy atom. The van der Waals surface area contributed by atoms with E-state index >= 15 is 0 Å². The minimum Gasteiger partial charge on any atom is -0.543 e. The number of carbonyl (C=O) groups excluding carboxylic acids is 2. The first kappa shape index (κ1) is 17.1. The van der Waals surface area contributed by atoms with Gasteiger partial charge >= 0.3 is 0 Å². The summed E-state index contributed by atoms with van der Waals surface area (Å²) in [6.45, 7) is 6.03. The molecule has 0 aromatic heterocycles. The maximum absolute atomic E-state index is 8.93. The number of carbonyl (C=O) groups is 2. The highest BCUT2D eigenvalue weighted by atomic mass is 16.4. The van der Waals surface area contributed by atoms with Crippen LogP contribution in [0.5, 0.6) is 0 Å². The van der Waals surface area contributed by atoms with Gasteiger partial charge in [0.25, 0.3) is 0 Å². The van der Waals surface area contributed by atoms with Crippen molar-refractivity contribution in [2.75, 3.05) is 13.1 Å². The Balaban J connectivity index is -0.000000115. The summed E-state index contributed by atoms with van der Waals surface area (Å²) in [6.07, 6.45) is 0. The van der Waals surface area contributed by atoms with Gasteiger partial charge in [0, 0.05) is 0 Å². The van der Waals surface area contributed by atoms with E-state index in [0.29, 0.717) is 0 Å². The molecular formula is C6H16N2O4. The lowest BCUT2D eigenvalue weighted by atomic mass is 10.7. The third-order valence-electron chi connectivity index (χ3n) is 0.167. The van der Waals surface area contributed by atoms with Gasteiger partial charge in [-0.1, -0.05) is 0 Å². The van der Waals surface area contributed by atoms with Crippen molar-refractivity contribution in [2.45, 2.75) is 13.8 Å². The fraction of sp³-hybridized carbons (Fsp3) is 0.667. The van der Waals surface area contributed by atoms with Crippen LogP contribution in [-0.2, 0) is 9.59 Å². The van der Waals surface area contributed by atoms with E-state index in [1.54, 1.807) is 0 Å². The second-order valence-electron chi connectivity index (χ2n) is 1.57. The monoisotopic (exact) mass is 180 g/mol. The first-order valence-corrected chi connectivity index (χ1v) is 3.48. The third kappa shape index (κ3) is 66.9. The minimum absolute atomic E-state index is 1.00. The van der Waals surface area contributed by atoms with E-state index in [-0.39, 0.29) is 0 Å². The molecule has 0 radical (unpaired) electrons.